The second kappa shape index (κ2) is 12.6. The van der Waals surface area contributed by atoms with Gasteiger partial charge in [-0.15, -0.1) is 11.3 Å². The zero-order valence-electron chi connectivity index (χ0n) is 24.5. The number of fused-ring (bicyclic) bond motifs is 2. The number of benzene rings is 1. The number of hydrogen-bond acceptors (Lipinski definition) is 8. The molecule has 1 fully saturated rings. The first-order valence-corrected chi connectivity index (χ1v) is 15.5. The number of halogens is 1. The fraction of sp³-hybridized carbons (Fsp3) is 0.484. The third kappa shape index (κ3) is 6.71. The molecule has 2 aliphatic rings. The maximum Gasteiger partial charge on any atom is 0.410 e. The fourth-order valence-electron chi connectivity index (χ4n) is 5.58. The Bertz CT molecular complexity index is 1480. The maximum absolute atomic E-state index is 12.7. The zero-order valence-corrected chi connectivity index (χ0v) is 26.1. The van der Waals surface area contributed by atoms with Crippen molar-refractivity contribution in [3.8, 4) is 16.9 Å². The molecule has 2 amide bonds. The van der Waals surface area contributed by atoms with Gasteiger partial charge in [-0.3, -0.25) is 14.7 Å². The minimum absolute atomic E-state index is 0.0663. The Kier molecular flexibility index (Phi) is 9.05. The second-order valence-corrected chi connectivity index (χ2v) is 13.3. The van der Waals surface area contributed by atoms with Crippen molar-refractivity contribution in [3.63, 3.8) is 0 Å². The molecule has 0 bridgehead atoms. The molecule has 11 heteroatoms. The molecule has 0 aliphatic carbocycles. The summed E-state index contributed by atoms with van der Waals surface area (Å²) in [6, 6.07) is 8.03. The van der Waals surface area contributed by atoms with E-state index in [2.05, 4.69) is 9.88 Å². The van der Waals surface area contributed by atoms with E-state index < -0.39 is 5.60 Å². The number of pyridine rings is 1. The predicted molar refractivity (Wildman–Crippen MR) is 164 cm³/mol. The summed E-state index contributed by atoms with van der Waals surface area (Å²) in [5.41, 5.74) is 3.45. The molecular formula is C31H37ClN4O5S. The molecule has 0 N–H and O–H groups in total. The summed E-state index contributed by atoms with van der Waals surface area (Å²) in [4.78, 5) is 47.3. The van der Waals surface area contributed by atoms with Gasteiger partial charge in [0.1, 0.15) is 17.6 Å². The molecule has 2 aliphatic heterocycles. The van der Waals surface area contributed by atoms with Crippen molar-refractivity contribution in [3.05, 3.63) is 45.9 Å². The predicted octanol–water partition coefficient (Wildman–Crippen LogP) is 5.93. The number of rotatable bonds is 7. The largest absolute Gasteiger partial charge is 0.493 e. The number of nitrogens with zero attached hydrogens (tertiary/aromatic N) is 4. The van der Waals surface area contributed by atoms with Gasteiger partial charge in [0.05, 0.1) is 23.4 Å². The number of aldehydes is 1. The third-order valence-corrected chi connectivity index (χ3v) is 8.90. The van der Waals surface area contributed by atoms with Crippen LogP contribution in [-0.2, 0) is 20.9 Å². The molecule has 3 aromatic rings. The SMILES string of the molecule is CN(Cc1cc2nccc(-c3cc(Cl)cc4c3C(N3CCN(C(=O)OC(C)(C)C)CC3)CCO4)c2s1)C(=O)CCC=O. The van der Waals surface area contributed by atoms with Crippen LogP contribution in [0.4, 0.5) is 4.79 Å². The van der Waals surface area contributed by atoms with Crippen LogP contribution in [0.15, 0.2) is 30.5 Å². The first kappa shape index (κ1) is 30.3. The molecule has 224 valence electrons. The van der Waals surface area contributed by atoms with Crippen molar-refractivity contribution < 1.29 is 23.9 Å². The van der Waals surface area contributed by atoms with Gasteiger partial charge in [0.15, 0.2) is 0 Å². The Morgan fingerprint density at radius 2 is 1.95 bits per heavy atom. The van der Waals surface area contributed by atoms with E-state index in [-0.39, 0.29) is 30.9 Å². The Hall–Kier alpha value is -3.21. The summed E-state index contributed by atoms with van der Waals surface area (Å²) in [7, 11) is 1.75. The van der Waals surface area contributed by atoms with Gasteiger partial charge in [-0.1, -0.05) is 11.6 Å². The molecule has 0 saturated carbocycles. The van der Waals surface area contributed by atoms with Crippen LogP contribution in [0.2, 0.25) is 5.02 Å². The Morgan fingerprint density at radius 1 is 1.19 bits per heavy atom. The van der Waals surface area contributed by atoms with Crippen molar-refractivity contribution in [1.29, 1.82) is 0 Å². The number of aromatic nitrogens is 1. The molecule has 1 aromatic carbocycles. The molecule has 1 atom stereocenters. The van der Waals surface area contributed by atoms with Gasteiger partial charge < -0.3 is 24.1 Å². The summed E-state index contributed by atoms with van der Waals surface area (Å²) in [6.07, 6.45) is 3.55. The van der Waals surface area contributed by atoms with Gasteiger partial charge in [0.25, 0.3) is 0 Å². The van der Waals surface area contributed by atoms with Crippen LogP contribution in [0, 0.1) is 0 Å². The van der Waals surface area contributed by atoms with Crippen LogP contribution in [-0.4, -0.2) is 83.4 Å². The van der Waals surface area contributed by atoms with E-state index in [9.17, 15) is 14.4 Å². The highest BCUT2D eigenvalue weighted by Gasteiger charge is 2.34. The second-order valence-electron chi connectivity index (χ2n) is 11.8. The van der Waals surface area contributed by atoms with E-state index in [1.807, 2.05) is 45.0 Å². The van der Waals surface area contributed by atoms with E-state index in [0.29, 0.717) is 31.3 Å². The van der Waals surface area contributed by atoms with Crippen molar-refractivity contribution in [2.24, 2.45) is 0 Å². The number of carbonyl (C=O) groups is 3. The lowest BCUT2D eigenvalue weighted by Gasteiger charge is -2.42. The average molecular weight is 613 g/mol. The summed E-state index contributed by atoms with van der Waals surface area (Å²) in [6.45, 7) is 9.32. The molecule has 42 heavy (non-hydrogen) atoms. The first-order chi connectivity index (χ1) is 20.0. The van der Waals surface area contributed by atoms with Crippen LogP contribution in [0.25, 0.3) is 21.3 Å². The van der Waals surface area contributed by atoms with Crippen LogP contribution in [0.1, 0.15) is 56.5 Å². The van der Waals surface area contributed by atoms with Crippen molar-refractivity contribution in [2.75, 3.05) is 39.8 Å². The zero-order chi connectivity index (χ0) is 30.0. The van der Waals surface area contributed by atoms with Crippen LogP contribution >= 0.6 is 22.9 Å². The van der Waals surface area contributed by atoms with E-state index in [1.165, 1.54) is 0 Å². The van der Waals surface area contributed by atoms with E-state index in [1.54, 1.807) is 34.4 Å². The molecule has 9 nitrogen and oxygen atoms in total. The number of thiophene rings is 1. The summed E-state index contributed by atoms with van der Waals surface area (Å²) >= 11 is 8.25. The molecule has 4 heterocycles. The summed E-state index contributed by atoms with van der Waals surface area (Å²) < 4.78 is 12.8. The van der Waals surface area contributed by atoms with Crippen LogP contribution in [0.5, 0.6) is 5.75 Å². The monoisotopic (exact) mass is 612 g/mol. The van der Waals surface area contributed by atoms with E-state index in [0.717, 1.165) is 63.3 Å². The molecule has 1 saturated heterocycles. The molecule has 0 spiro atoms. The van der Waals surface area contributed by atoms with E-state index in [4.69, 9.17) is 21.1 Å². The van der Waals surface area contributed by atoms with Crippen molar-refractivity contribution in [1.82, 2.24) is 19.7 Å². The number of amides is 2. The molecule has 2 aromatic heterocycles. The fourth-order valence-corrected chi connectivity index (χ4v) is 6.99. The standard InChI is InChI=1S/C31H37ClN4O5S/c1-31(2,3)41-30(39)36-12-10-35(11-13-36)25-8-15-40-26-17-20(32)16-23(28(25)26)22-7-9-33-24-18-21(42-29(22)24)19-34(4)27(38)6-5-14-37/h7,9,14,16-18,25H,5-6,8,10-13,15,19H2,1-4H3. The highest BCUT2D eigenvalue weighted by Crippen LogP contribution is 2.46. The highest BCUT2D eigenvalue weighted by molar-refractivity contribution is 7.19. The summed E-state index contributed by atoms with van der Waals surface area (Å²) in [5, 5.41) is 0.599. The van der Waals surface area contributed by atoms with Gasteiger partial charge in [0.2, 0.25) is 5.91 Å². The Balaban J connectivity index is 1.43. The Labute approximate surface area is 255 Å². The third-order valence-electron chi connectivity index (χ3n) is 7.54. The number of hydrogen-bond donors (Lipinski definition) is 0. The molecular weight excluding hydrogens is 576 g/mol. The average Bonchev–Trinajstić information content (AvgIpc) is 3.36. The number of carbonyl (C=O) groups excluding carboxylic acids is 3. The van der Waals surface area contributed by atoms with Gasteiger partial charge in [0, 0.05) is 85.8 Å². The first-order valence-electron chi connectivity index (χ1n) is 14.3. The van der Waals surface area contributed by atoms with Crippen LogP contribution < -0.4 is 4.74 Å². The van der Waals surface area contributed by atoms with Gasteiger partial charge in [-0.2, -0.15) is 0 Å². The number of ether oxygens (including phenoxy) is 2. The lowest BCUT2D eigenvalue weighted by atomic mass is 9.90. The molecule has 1 unspecified atom stereocenters. The molecule has 5 rings (SSSR count). The van der Waals surface area contributed by atoms with Crippen molar-refractivity contribution >= 4 is 51.4 Å². The lowest BCUT2D eigenvalue weighted by molar-refractivity contribution is -0.131. The topological polar surface area (TPSA) is 92.3 Å². The van der Waals surface area contributed by atoms with Gasteiger partial charge >= 0.3 is 6.09 Å². The molecule has 0 radical (unpaired) electrons. The van der Waals surface area contributed by atoms with Crippen molar-refractivity contribution in [2.45, 2.75) is 58.2 Å². The van der Waals surface area contributed by atoms with E-state index >= 15 is 0 Å². The minimum Gasteiger partial charge on any atom is -0.493 e. The number of piperazine rings is 1. The van der Waals surface area contributed by atoms with Crippen LogP contribution in [0.3, 0.4) is 0 Å². The minimum atomic E-state index is -0.527. The smallest absolute Gasteiger partial charge is 0.410 e. The lowest BCUT2D eigenvalue weighted by Crippen LogP contribution is -2.51. The highest BCUT2D eigenvalue weighted by atomic mass is 35.5. The van der Waals surface area contributed by atoms with Gasteiger partial charge in [-0.25, -0.2) is 4.79 Å². The Morgan fingerprint density at radius 3 is 2.67 bits per heavy atom. The quantitative estimate of drug-likeness (QED) is 0.305. The van der Waals surface area contributed by atoms with Gasteiger partial charge in [-0.05, 0) is 50.6 Å². The normalized spacial score (nSPS) is 17.5. The maximum atomic E-state index is 12.7. The summed E-state index contributed by atoms with van der Waals surface area (Å²) in [5.74, 6) is 0.717.